The number of piperazine rings is 1. The summed E-state index contributed by atoms with van der Waals surface area (Å²) in [7, 11) is 0. The van der Waals surface area contributed by atoms with Gasteiger partial charge in [-0.05, 0) is 31.2 Å². The van der Waals surface area contributed by atoms with Gasteiger partial charge in [-0.25, -0.2) is 9.97 Å². The van der Waals surface area contributed by atoms with Gasteiger partial charge in [-0.3, -0.25) is 0 Å². The standard InChI is InChI=1S/C23H29ClN6/c24-20-14-27-23(29-22(20)19-13-26-21-7-2-1-6-18(19)21)28-17-5-3-4-16(12-17)15-30-10-8-25-9-11-30/h1-2,6-7,13-14,16-17,25-26H,3-5,8-12,15H2,(H,27,28,29). The Morgan fingerprint density at radius 1 is 1.17 bits per heavy atom. The normalized spacial score (nSPS) is 23.0. The number of aromatic nitrogens is 3. The van der Waals surface area contributed by atoms with Gasteiger partial charge in [-0.15, -0.1) is 0 Å². The van der Waals surface area contributed by atoms with Crippen molar-refractivity contribution in [3.63, 3.8) is 0 Å². The first-order valence-electron chi connectivity index (χ1n) is 11.0. The molecule has 1 saturated carbocycles. The van der Waals surface area contributed by atoms with E-state index in [9.17, 15) is 0 Å². The van der Waals surface area contributed by atoms with Gasteiger partial charge in [0.25, 0.3) is 0 Å². The molecule has 2 unspecified atom stereocenters. The molecule has 0 bridgehead atoms. The van der Waals surface area contributed by atoms with Crippen molar-refractivity contribution < 1.29 is 0 Å². The van der Waals surface area contributed by atoms with Gasteiger partial charge in [0.15, 0.2) is 0 Å². The van der Waals surface area contributed by atoms with E-state index in [1.165, 1.54) is 45.3 Å². The number of benzene rings is 1. The maximum Gasteiger partial charge on any atom is 0.223 e. The van der Waals surface area contributed by atoms with Gasteiger partial charge >= 0.3 is 0 Å². The molecule has 3 N–H and O–H groups in total. The zero-order valence-electron chi connectivity index (χ0n) is 17.2. The van der Waals surface area contributed by atoms with Crippen LogP contribution >= 0.6 is 11.6 Å². The second-order valence-corrected chi connectivity index (χ2v) is 8.97. The Hall–Kier alpha value is -2.15. The number of fused-ring (bicyclic) bond motifs is 1. The molecule has 6 nitrogen and oxygen atoms in total. The molecule has 1 aromatic carbocycles. The molecule has 1 aliphatic heterocycles. The Kier molecular flexibility index (Phi) is 5.88. The van der Waals surface area contributed by atoms with Gasteiger partial charge in [0.1, 0.15) is 0 Å². The van der Waals surface area contributed by atoms with Gasteiger partial charge in [-0.2, -0.15) is 0 Å². The third-order valence-electron chi connectivity index (χ3n) is 6.43. The Morgan fingerprint density at radius 2 is 2.03 bits per heavy atom. The largest absolute Gasteiger partial charge is 0.360 e. The van der Waals surface area contributed by atoms with Gasteiger partial charge in [0, 0.05) is 61.4 Å². The SMILES string of the molecule is Clc1cnc(NC2CCCC(CN3CCNCC3)C2)nc1-c1c[nH]c2ccccc12. The van der Waals surface area contributed by atoms with E-state index in [4.69, 9.17) is 16.6 Å². The number of anilines is 1. The minimum Gasteiger partial charge on any atom is -0.360 e. The summed E-state index contributed by atoms with van der Waals surface area (Å²) >= 11 is 6.49. The molecule has 2 fully saturated rings. The molecule has 2 aliphatic rings. The fraction of sp³-hybridized carbons (Fsp3) is 0.478. The molecular formula is C23H29ClN6. The first-order valence-corrected chi connectivity index (χ1v) is 11.4. The molecular weight excluding hydrogens is 396 g/mol. The third kappa shape index (κ3) is 4.31. The highest BCUT2D eigenvalue weighted by Gasteiger charge is 2.25. The van der Waals surface area contributed by atoms with Crippen LogP contribution in [0.15, 0.2) is 36.7 Å². The summed E-state index contributed by atoms with van der Waals surface area (Å²) in [6.45, 7) is 5.78. The Morgan fingerprint density at radius 3 is 2.93 bits per heavy atom. The van der Waals surface area contributed by atoms with Crippen LogP contribution in [0, 0.1) is 5.92 Å². The third-order valence-corrected chi connectivity index (χ3v) is 6.71. The van der Waals surface area contributed by atoms with E-state index in [2.05, 4.69) is 37.6 Å². The van der Waals surface area contributed by atoms with E-state index >= 15 is 0 Å². The summed E-state index contributed by atoms with van der Waals surface area (Å²) < 4.78 is 0. The molecule has 7 heteroatoms. The van der Waals surface area contributed by atoms with Crippen molar-refractivity contribution in [2.75, 3.05) is 38.0 Å². The van der Waals surface area contributed by atoms with Crippen molar-refractivity contribution in [1.29, 1.82) is 0 Å². The molecule has 5 rings (SSSR count). The molecule has 0 radical (unpaired) electrons. The van der Waals surface area contributed by atoms with E-state index in [1.807, 2.05) is 18.3 Å². The molecule has 2 aromatic heterocycles. The van der Waals surface area contributed by atoms with E-state index in [-0.39, 0.29) is 0 Å². The highest BCUT2D eigenvalue weighted by molar-refractivity contribution is 6.33. The van der Waals surface area contributed by atoms with Gasteiger partial charge in [-0.1, -0.05) is 36.2 Å². The minimum absolute atomic E-state index is 0.420. The van der Waals surface area contributed by atoms with E-state index in [1.54, 1.807) is 6.20 Å². The second-order valence-electron chi connectivity index (χ2n) is 8.56. The van der Waals surface area contributed by atoms with Crippen LogP contribution in [0.4, 0.5) is 5.95 Å². The Labute approximate surface area is 182 Å². The summed E-state index contributed by atoms with van der Waals surface area (Å²) in [5.41, 5.74) is 2.88. The zero-order chi connectivity index (χ0) is 20.3. The smallest absolute Gasteiger partial charge is 0.223 e. The van der Waals surface area contributed by atoms with Crippen molar-refractivity contribution in [2.24, 2.45) is 5.92 Å². The molecule has 3 heterocycles. The maximum atomic E-state index is 6.49. The van der Waals surface area contributed by atoms with Gasteiger partial charge in [0.05, 0.1) is 16.9 Å². The van der Waals surface area contributed by atoms with Crippen LogP contribution in [0.3, 0.4) is 0 Å². The Bertz CT molecular complexity index is 996. The van der Waals surface area contributed by atoms with Crippen molar-refractivity contribution >= 4 is 28.5 Å². The van der Waals surface area contributed by atoms with Crippen molar-refractivity contribution in [2.45, 2.75) is 31.7 Å². The van der Waals surface area contributed by atoms with Gasteiger partial charge < -0.3 is 20.5 Å². The first kappa shape index (κ1) is 19.8. The number of hydrogen-bond acceptors (Lipinski definition) is 5. The summed E-state index contributed by atoms with van der Waals surface area (Å²) in [5, 5.41) is 8.74. The number of halogens is 1. The summed E-state index contributed by atoms with van der Waals surface area (Å²) in [4.78, 5) is 15.2. The predicted molar refractivity (Wildman–Crippen MR) is 123 cm³/mol. The zero-order valence-corrected chi connectivity index (χ0v) is 18.0. The van der Waals surface area contributed by atoms with Crippen LogP contribution < -0.4 is 10.6 Å². The highest BCUT2D eigenvalue weighted by atomic mass is 35.5. The minimum atomic E-state index is 0.420. The van der Waals surface area contributed by atoms with Gasteiger partial charge in [0.2, 0.25) is 5.95 Å². The van der Waals surface area contributed by atoms with E-state index in [0.717, 1.165) is 41.2 Å². The number of nitrogens with one attached hydrogen (secondary N) is 3. The number of para-hydroxylation sites is 1. The number of H-pyrrole nitrogens is 1. The van der Waals surface area contributed by atoms with Crippen LogP contribution in [0.5, 0.6) is 0 Å². The Balaban J connectivity index is 1.30. The van der Waals surface area contributed by atoms with Crippen molar-refractivity contribution in [1.82, 2.24) is 25.2 Å². The molecule has 0 amide bonds. The average Bonchev–Trinajstić information content (AvgIpc) is 3.20. The van der Waals surface area contributed by atoms with Crippen LogP contribution in [0.2, 0.25) is 5.02 Å². The first-order chi connectivity index (χ1) is 14.8. The monoisotopic (exact) mass is 424 g/mol. The fourth-order valence-electron chi connectivity index (χ4n) is 4.92. The highest BCUT2D eigenvalue weighted by Crippen LogP contribution is 2.33. The molecule has 0 spiro atoms. The lowest BCUT2D eigenvalue weighted by atomic mass is 9.85. The summed E-state index contributed by atoms with van der Waals surface area (Å²) in [5.74, 6) is 1.42. The van der Waals surface area contributed by atoms with Crippen LogP contribution in [0.1, 0.15) is 25.7 Å². The molecule has 2 atom stereocenters. The molecule has 158 valence electrons. The molecule has 30 heavy (non-hydrogen) atoms. The number of aromatic amines is 1. The molecule has 3 aromatic rings. The van der Waals surface area contributed by atoms with Crippen LogP contribution in [-0.4, -0.2) is 58.6 Å². The van der Waals surface area contributed by atoms with Crippen molar-refractivity contribution in [3.05, 3.63) is 41.7 Å². The fourth-order valence-corrected chi connectivity index (χ4v) is 5.12. The number of hydrogen-bond donors (Lipinski definition) is 3. The van der Waals surface area contributed by atoms with Crippen molar-refractivity contribution in [3.8, 4) is 11.3 Å². The lowest BCUT2D eigenvalue weighted by molar-refractivity contribution is 0.178. The summed E-state index contributed by atoms with van der Waals surface area (Å²) in [6, 6.07) is 8.64. The molecule has 1 aliphatic carbocycles. The topological polar surface area (TPSA) is 68.9 Å². The van der Waals surface area contributed by atoms with Crippen LogP contribution in [-0.2, 0) is 0 Å². The maximum absolute atomic E-state index is 6.49. The molecule has 1 saturated heterocycles. The lowest BCUT2D eigenvalue weighted by Crippen LogP contribution is -2.46. The van der Waals surface area contributed by atoms with E-state index < -0.39 is 0 Å². The second kappa shape index (κ2) is 8.92. The predicted octanol–water partition coefficient (Wildman–Crippen LogP) is 4.15. The average molecular weight is 425 g/mol. The summed E-state index contributed by atoms with van der Waals surface area (Å²) in [6.07, 6.45) is 8.63. The lowest BCUT2D eigenvalue weighted by Gasteiger charge is -2.35. The van der Waals surface area contributed by atoms with E-state index in [0.29, 0.717) is 17.0 Å². The number of rotatable bonds is 5. The quantitative estimate of drug-likeness (QED) is 0.574. The van der Waals surface area contributed by atoms with Crippen LogP contribution in [0.25, 0.3) is 22.2 Å². The number of nitrogens with zero attached hydrogens (tertiary/aromatic N) is 3.